The summed E-state index contributed by atoms with van der Waals surface area (Å²) in [6.45, 7) is 1.65. The molecule has 0 saturated carbocycles. The highest BCUT2D eigenvalue weighted by Gasteiger charge is 2.32. The lowest BCUT2D eigenvalue weighted by molar-refractivity contribution is 0.0711. The molecule has 1 atom stereocenters. The van der Waals surface area contributed by atoms with Crippen molar-refractivity contribution in [3.63, 3.8) is 0 Å². The van der Waals surface area contributed by atoms with E-state index in [1.807, 2.05) is 0 Å². The van der Waals surface area contributed by atoms with Crippen molar-refractivity contribution in [2.24, 2.45) is 0 Å². The predicted octanol–water partition coefficient (Wildman–Crippen LogP) is 3.14. The molecule has 2 rings (SSSR count). The summed E-state index contributed by atoms with van der Waals surface area (Å²) >= 11 is 0. The third kappa shape index (κ3) is 2.61. The molecule has 1 N–H and O–H groups in total. The van der Waals surface area contributed by atoms with Gasteiger partial charge in [0.15, 0.2) is 0 Å². The third-order valence-electron chi connectivity index (χ3n) is 3.00. The van der Waals surface area contributed by atoms with Crippen LogP contribution in [0.2, 0.25) is 0 Å². The average molecular weight is 267 g/mol. The van der Waals surface area contributed by atoms with Crippen molar-refractivity contribution in [1.82, 2.24) is 4.98 Å². The van der Waals surface area contributed by atoms with E-state index in [4.69, 9.17) is 0 Å². The number of aliphatic hydroxyl groups is 1. The summed E-state index contributed by atoms with van der Waals surface area (Å²) in [5.41, 5.74) is -1.47. The molecule has 0 amide bonds. The van der Waals surface area contributed by atoms with Gasteiger partial charge in [0.05, 0.1) is 11.9 Å². The zero-order chi connectivity index (χ0) is 14.0. The first-order chi connectivity index (χ1) is 8.95. The van der Waals surface area contributed by atoms with Gasteiger partial charge in [-0.05, 0) is 36.2 Å². The highest BCUT2D eigenvalue weighted by atomic mass is 19.1. The van der Waals surface area contributed by atoms with Gasteiger partial charge in [-0.15, -0.1) is 0 Å². The lowest BCUT2D eigenvalue weighted by atomic mass is 9.87. The quantitative estimate of drug-likeness (QED) is 0.926. The molecule has 1 heterocycles. The Bertz CT molecular complexity index is 565. The highest BCUT2D eigenvalue weighted by Crippen LogP contribution is 2.32. The Labute approximate surface area is 108 Å². The molecule has 2 nitrogen and oxygen atoms in total. The fourth-order valence-electron chi connectivity index (χ4n) is 1.95. The van der Waals surface area contributed by atoms with Crippen molar-refractivity contribution in [2.45, 2.75) is 18.9 Å². The topological polar surface area (TPSA) is 33.1 Å². The van der Waals surface area contributed by atoms with E-state index in [0.717, 1.165) is 30.5 Å². The highest BCUT2D eigenvalue weighted by molar-refractivity contribution is 5.32. The van der Waals surface area contributed by atoms with Crippen molar-refractivity contribution >= 4 is 0 Å². The van der Waals surface area contributed by atoms with Gasteiger partial charge in [-0.3, -0.25) is 4.98 Å². The minimum atomic E-state index is -1.66. The summed E-state index contributed by atoms with van der Waals surface area (Å²) in [5, 5.41) is 10.6. The second-order valence-electron chi connectivity index (χ2n) is 4.23. The molecule has 0 saturated heterocycles. The summed E-state index contributed by atoms with van der Waals surface area (Å²) in [6.07, 6.45) is 1.10. The van der Waals surface area contributed by atoms with Crippen LogP contribution in [0, 0.1) is 17.5 Å². The molecule has 2 aromatic rings. The third-order valence-corrected chi connectivity index (χ3v) is 3.00. The van der Waals surface area contributed by atoms with E-state index < -0.39 is 23.1 Å². The monoisotopic (exact) mass is 267 g/mol. The number of nitrogens with zero attached hydrogens (tertiary/aromatic N) is 1. The number of pyridine rings is 1. The summed E-state index contributed by atoms with van der Waals surface area (Å²) in [5.74, 6) is -2.12. The zero-order valence-electron chi connectivity index (χ0n) is 10.2. The zero-order valence-corrected chi connectivity index (χ0v) is 10.2. The van der Waals surface area contributed by atoms with E-state index in [2.05, 4.69) is 4.98 Å². The molecule has 1 aromatic carbocycles. The van der Waals surface area contributed by atoms with Crippen molar-refractivity contribution < 1.29 is 18.3 Å². The van der Waals surface area contributed by atoms with Crippen molar-refractivity contribution in [3.05, 3.63) is 65.2 Å². The van der Waals surface area contributed by atoms with Crippen molar-refractivity contribution in [1.29, 1.82) is 0 Å². The molecule has 0 bridgehead atoms. The lowest BCUT2D eigenvalue weighted by Crippen LogP contribution is -2.28. The second kappa shape index (κ2) is 5.01. The van der Waals surface area contributed by atoms with Crippen LogP contribution in [0.15, 0.2) is 36.5 Å². The van der Waals surface area contributed by atoms with Gasteiger partial charge < -0.3 is 5.11 Å². The first-order valence-electron chi connectivity index (χ1n) is 5.76. The van der Waals surface area contributed by atoms with E-state index in [-0.39, 0.29) is 17.7 Å². The van der Waals surface area contributed by atoms with E-state index in [9.17, 15) is 18.3 Å². The number of rotatable bonds is 3. The maximum absolute atomic E-state index is 13.2. The van der Waals surface area contributed by atoms with Gasteiger partial charge >= 0.3 is 0 Å². The number of aromatic nitrogens is 1. The predicted molar refractivity (Wildman–Crippen MR) is 63.8 cm³/mol. The van der Waals surface area contributed by atoms with E-state index in [1.165, 1.54) is 6.07 Å². The van der Waals surface area contributed by atoms with Crippen molar-refractivity contribution in [3.8, 4) is 0 Å². The molecule has 19 heavy (non-hydrogen) atoms. The van der Waals surface area contributed by atoms with Gasteiger partial charge in [-0.25, -0.2) is 13.2 Å². The number of benzene rings is 1. The number of hydrogen-bond donors (Lipinski definition) is 1. The molecule has 100 valence electrons. The van der Waals surface area contributed by atoms with Crippen LogP contribution in [-0.4, -0.2) is 10.1 Å². The molecule has 0 radical (unpaired) electrons. The van der Waals surface area contributed by atoms with Crippen LogP contribution in [0.3, 0.4) is 0 Å². The Morgan fingerprint density at radius 3 is 2.16 bits per heavy atom. The normalized spacial score (nSPS) is 14.2. The summed E-state index contributed by atoms with van der Waals surface area (Å²) < 4.78 is 39.3. The van der Waals surface area contributed by atoms with Gasteiger partial charge in [0.2, 0.25) is 0 Å². The maximum Gasteiger partial charge on any atom is 0.141 e. The molecular weight excluding hydrogens is 255 g/mol. The van der Waals surface area contributed by atoms with Gasteiger partial charge in [0.25, 0.3) is 0 Å². The number of halogens is 3. The first kappa shape index (κ1) is 13.5. The SMILES string of the molecule is CCC(O)(c1cc(F)cc(F)c1)c1ccc(F)cn1. The van der Waals surface area contributed by atoms with Gasteiger partial charge in [0, 0.05) is 6.07 Å². The summed E-state index contributed by atoms with van der Waals surface area (Å²) in [4.78, 5) is 3.79. The Hall–Kier alpha value is -1.88. The minimum Gasteiger partial charge on any atom is -0.379 e. The number of hydrogen-bond acceptors (Lipinski definition) is 2. The van der Waals surface area contributed by atoms with Gasteiger partial charge in [-0.1, -0.05) is 6.92 Å². The molecule has 0 aliphatic heterocycles. The summed E-state index contributed by atoms with van der Waals surface area (Å²) in [6, 6.07) is 5.23. The van der Waals surface area contributed by atoms with E-state index in [1.54, 1.807) is 6.92 Å². The van der Waals surface area contributed by atoms with E-state index in [0.29, 0.717) is 0 Å². The van der Waals surface area contributed by atoms with Crippen LogP contribution in [-0.2, 0) is 5.60 Å². The standard InChI is InChI=1S/C14H12F3NO/c1-2-14(19,13-4-3-10(15)8-18-13)9-5-11(16)7-12(17)6-9/h3-8,19H,2H2,1H3. The lowest BCUT2D eigenvalue weighted by Gasteiger charge is -2.26. The first-order valence-corrected chi connectivity index (χ1v) is 5.76. The Kier molecular flexibility index (Phi) is 3.57. The maximum atomic E-state index is 13.2. The molecule has 5 heteroatoms. The molecular formula is C14H12F3NO. The molecule has 0 spiro atoms. The Morgan fingerprint density at radius 2 is 1.68 bits per heavy atom. The average Bonchev–Trinajstić information content (AvgIpc) is 2.37. The fraction of sp³-hybridized carbons (Fsp3) is 0.214. The fourth-order valence-corrected chi connectivity index (χ4v) is 1.95. The Balaban J connectivity index is 2.55. The van der Waals surface area contributed by atoms with Crippen LogP contribution in [0.1, 0.15) is 24.6 Å². The molecule has 0 aliphatic carbocycles. The summed E-state index contributed by atoms with van der Waals surface area (Å²) in [7, 11) is 0. The molecule has 1 unspecified atom stereocenters. The van der Waals surface area contributed by atoms with Gasteiger partial charge in [0.1, 0.15) is 23.1 Å². The van der Waals surface area contributed by atoms with Crippen LogP contribution in [0.25, 0.3) is 0 Å². The van der Waals surface area contributed by atoms with Crippen LogP contribution >= 0.6 is 0 Å². The minimum absolute atomic E-state index is 0.0478. The Morgan fingerprint density at radius 1 is 1.05 bits per heavy atom. The van der Waals surface area contributed by atoms with Gasteiger partial charge in [-0.2, -0.15) is 0 Å². The smallest absolute Gasteiger partial charge is 0.141 e. The second-order valence-corrected chi connectivity index (χ2v) is 4.23. The van der Waals surface area contributed by atoms with Crippen molar-refractivity contribution in [2.75, 3.05) is 0 Å². The molecule has 0 aliphatic rings. The van der Waals surface area contributed by atoms with Crippen LogP contribution < -0.4 is 0 Å². The van der Waals surface area contributed by atoms with Crippen LogP contribution in [0.4, 0.5) is 13.2 Å². The van der Waals surface area contributed by atoms with Crippen LogP contribution in [0.5, 0.6) is 0 Å². The van der Waals surface area contributed by atoms with E-state index >= 15 is 0 Å². The molecule has 1 aromatic heterocycles. The largest absolute Gasteiger partial charge is 0.379 e. The molecule has 0 fully saturated rings.